The number of hydrogen-bond donors (Lipinski definition) is 1. The number of nitrogens with zero attached hydrogens (tertiary/aromatic N) is 3. The van der Waals surface area contributed by atoms with Crippen LogP contribution in [0.25, 0.3) is 0 Å². The average molecular weight is 326 g/mol. The molecule has 1 aliphatic rings. The Bertz CT molecular complexity index is 685. The molecule has 1 aromatic carbocycles. The fourth-order valence-corrected chi connectivity index (χ4v) is 2.85. The van der Waals surface area contributed by atoms with E-state index in [-0.39, 0.29) is 11.9 Å². The lowest BCUT2D eigenvalue weighted by Crippen LogP contribution is -2.28. The number of methoxy groups -OCH3 is 1. The van der Waals surface area contributed by atoms with Crippen molar-refractivity contribution in [3.63, 3.8) is 0 Å². The predicted octanol–water partition coefficient (Wildman–Crippen LogP) is 2.66. The van der Waals surface area contributed by atoms with E-state index in [1.165, 1.54) is 0 Å². The van der Waals surface area contributed by atoms with Crippen LogP contribution in [0.2, 0.25) is 0 Å². The maximum atomic E-state index is 12.3. The third-order valence-electron chi connectivity index (χ3n) is 4.09. The van der Waals surface area contributed by atoms with Crippen molar-refractivity contribution in [1.29, 1.82) is 0 Å². The Hall–Kier alpha value is -2.63. The number of aryl methyl sites for hydroxylation is 1. The standard InChI is InChI=1S/C18H22N4O2/c1-3-4-13-10-19-18(20-11-13)21-14-9-17(23)22(12-14)15-5-7-16(24-2)8-6-15/h5-8,10-11,14H,3-4,9,12H2,1-2H3,(H,19,20,21). The largest absolute Gasteiger partial charge is 0.497 e. The molecule has 2 heterocycles. The molecule has 6 heteroatoms. The number of amides is 1. The molecule has 1 aromatic heterocycles. The first kappa shape index (κ1) is 16.2. The van der Waals surface area contributed by atoms with Gasteiger partial charge in [0.25, 0.3) is 0 Å². The van der Waals surface area contributed by atoms with Crippen molar-refractivity contribution < 1.29 is 9.53 Å². The zero-order valence-corrected chi connectivity index (χ0v) is 14.0. The quantitative estimate of drug-likeness (QED) is 0.884. The van der Waals surface area contributed by atoms with E-state index in [1.54, 1.807) is 12.0 Å². The third-order valence-corrected chi connectivity index (χ3v) is 4.09. The molecule has 1 amide bonds. The van der Waals surface area contributed by atoms with Crippen molar-refractivity contribution in [3.8, 4) is 5.75 Å². The van der Waals surface area contributed by atoms with Gasteiger partial charge in [0.2, 0.25) is 11.9 Å². The lowest BCUT2D eigenvalue weighted by atomic mass is 10.2. The van der Waals surface area contributed by atoms with Gasteiger partial charge in [0.05, 0.1) is 13.2 Å². The molecule has 0 bridgehead atoms. The molecule has 1 atom stereocenters. The fraction of sp³-hybridized carbons (Fsp3) is 0.389. The highest BCUT2D eigenvalue weighted by Gasteiger charge is 2.31. The third kappa shape index (κ3) is 3.64. The van der Waals surface area contributed by atoms with Gasteiger partial charge in [-0.15, -0.1) is 0 Å². The minimum absolute atomic E-state index is 0.0108. The number of carbonyl (C=O) groups is 1. The summed E-state index contributed by atoms with van der Waals surface area (Å²) >= 11 is 0. The van der Waals surface area contributed by atoms with Gasteiger partial charge in [-0.2, -0.15) is 0 Å². The summed E-state index contributed by atoms with van der Waals surface area (Å²) in [5.74, 6) is 1.45. The molecule has 1 N–H and O–H groups in total. The smallest absolute Gasteiger partial charge is 0.229 e. The molecule has 0 radical (unpaired) electrons. The first-order chi connectivity index (χ1) is 11.7. The highest BCUT2D eigenvalue weighted by molar-refractivity contribution is 5.96. The van der Waals surface area contributed by atoms with Crippen LogP contribution in [0.1, 0.15) is 25.3 Å². The summed E-state index contributed by atoms with van der Waals surface area (Å²) < 4.78 is 5.15. The second-order valence-electron chi connectivity index (χ2n) is 5.91. The number of rotatable bonds is 6. The van der Waals surface area contributed by atoms with Gasteiger partial charge in [-0.1, -0.05) is 13.3 Å². The molecule has 6 nitrogen and oxygen atoms in total. The van der Waals surface area contributed by atoms with Crippen LogP contribution >= 0.6 is 0 Å². The molecule has 1 fully saturated rings. The summed E-state index contributed by atoms with van der Waals surface area (Å²) in [5, 5.41) is 3.25. The lowest BCUT2D eigenvalue weighted by Gasteiger charge is -2.17. The van der Waals surface area contributed by atoms with Crippen molar-refractivity contribution in [3.05, 3.63) is 42.2 Å². The van der Waals surface area contributed by atoms with Crippen molar-refractivity contribution in [2.24, 2.45) is 0 Å². The number of aromatic nitrogens is 2. The Morgan fingerprint density at radius 2 is 1.96 bits per heavy atom. The number of nitrogens with one attached hydrogen (secondary N) is 1. The zero-order valence-electron chi connectivity index (χ0n) is 14.0. The minimum Gasteiger partial charge on any atom is -0.497 e. The maximum absolute atomic E-state index is 12.3. The molecule has 2 aromatic rings. The first-order valence-corrected chi connectivity index (χ1v) is 8.21. The zero-order chi connectivity index (χ0) is 16.9. The SMILES string of the molecule is CCCc1cnc(NC2CC(=O)N(c3ccc(OC)cc3)C2)nc1. The molecule has 3 rings (SSSR count). The van der Waals surface area contributed by atoms with Crippen molar-refractivity contribution in [2.75, 3.05) is 23.9 Å². The van der Waals surface area contributed by atoms with Crippen LogP contribution in [-0.2, 0) is 11.2 Å². The van der Waals surface area contributed by atoms with E-state index in [0.29, 0.717) is 18.9 Å². The second kappa shape index (κ2) is 7.29. The van der Waals surface area contributed by atoms with Crippen LogP contribution in [0, 0.1) is 0 Å². The van der Waals surface area contributed by atoms with Crippen molar-refractivity contribution in [2.45, 2.75) is 32.2 Å². The summed E-state index contributed by atoms with van der Waals surface area (Å²) in [4.78, 5) is 22.7. The van der Waals surface area contributed by atoms with Gasteiger partial charge in [-0.3, -0.25) is 4.79 Å². The molecule has 0 aliphatic carbocycles. The second-order valence-corrected chi connectivity index (χ2v) is 5.91. The number of ether oxygens (including phenoxy) is 1. The van der Waals surface area contributed by atoms with Gasteiger partial charge in [0.15, 0.2) is 0 Å². The Morgan fingerprint density at radius 3 is 2.58 bits per heavy atom. The molecular weight excluding hydrogens is 304 g/mol. The molecule has 1 aliphatic heterocycles. The topological polar surface area (TPSA) is 67.4 Å². The molecule has 24 heavy (non-hydrogen) atoms. The summed E-state index contributed by atoms with van der Waals surface area (Å²) in [6, 6.07) is 7.53. The van der Waals surface area contributed by atoms with E-state index in [0.717, 1.165) is 29.8 Å². The molecule has 126 valence electrons. The molecular formula is C18H22N4O2. The normalized spacial score (nSPS) is 17.2. The van der Waals surface area contributed by atoms with E-state index in [4.69, 9.17) is 4.74 Å². The van der Waals surface area contributed by atoms with Gasteiger partial charge < -0.3 is 15.0 Å². The van der Waals surface area contributed by atoms with E-state index >= 15 is 0 Å². The van der Waals surface area contributed by atoms with Gasteiger partial charge in [-0.25, -0.2) is 9.97 Å². The van der Waals surface area contributed by atoms with Crippen LogP contribution in [0.15, 0.2) is 36.7 Å². The van der Waals surface area contributed by atoms with Crippen molar-refractivity contribution >= 4 is 17.5 Å². The Kier molecular flexibility index (Phi) is 4.93. The molecule has 1 unspecified atom stereocenters. The number of benzene rings is 1. The van der Waals surface area contributed by atoms with Gasteiger partial charge in [0.1, 0.15) is 5.75 Å². The Balaban J connectivity index is 1.63. The number of carbonyl (C=O) groups excluding carboxylic acids is 1. The van der Waals surface area contributed by atoms with E-state index < -0.39 is 0 Å². The fourth-order valence-electron chi connectivity index (χ4n) is 2.85. The average Bonchev–Trinajstić information content (AvgIpc) is 2.97. The van der Waals surface area contributed by atoms with Crippen LogP contribution in [0.5, 0.6) is 5.75 Å². The summed E-state index contributed by atoms with van der Waals surface area (Å²) in [6.45, 7) is 2.73. The summed E-state index contributed by atoms with van der Waals surface area (Å²) in [5.41, 5.74) is 2.01. The summed E-state index contributed by atoms with van der Waals surface area (Å²) in [6.07, 6.45) is 6.18. The van der Waals surface area contributed by atoms with Crippen molar-refractivity contribution in [1.82, 2.24) is 9.97 Å². The van der Waals surface area contributed by atoms with Gasteiger partial charge >= 0.3 is 0 Å². The number of anilines is 2. The van der Waals surface area contributed by atoms with Crippen LogP contribution in [0.4, 0.5) is 11.6 Å². The Morgan fingerprint density at radius 1 is 1.25 bits per heavy atom. The summed E-state index contributed by atoms with van der Waals surface area (Å²) in [7, 11) is 1.63. The van der Waals surface area contributed by atoms with E-state index in [9.17, 15) is 4.79 Å². The highest BCUT2D eigenvalue weighted by Crippen LogP contribution is 2.25. The van der Waals surface area contributed by atoms with E-state index in [1.807, 2.05) is 36.7 Å². The van der Waals surface area contributed by atoms with Crippen LogP contribution in [-0.4, -0.2) is 35.6 Å². The maximum Gasteiger partial charge on any atom is 0.229 e. The molecule has 0 spiro atoms. The van der Waals surface area contributed by atoms with Gasteiger partial charge in [0, 0.05) is 31.0 Å². The first-order valence-electron chi connectivity index (χ1n) is 8.21. The molecule has 0 saturated carbocycles. The van der Waals surface area contributed by atoms with Crippen LogP contribution < -0.4 is 15.0 Å². The predicted molar refractivity (Wildman–Crippen MR) is 93.4 cm³/mol. The van der Waals surface area contributed by atoms with Crippen LogP contribution in [0.3, 0.4) is 0 Å². The minimum atomic E-state index is 0.0108. The highest BCUT2D eigenvalue weighted by atomic mass is 16.5. The monoisotopic (exact) mass is 326 g/mol. The molecule has 1 saturated heterocycles. The lowest BCUT2D eigenvalue weighted by molar-refractivity contribution is -0.117. The number of hydrogen-bond acceptors (Lipinski definition) is 5. The Labute approximate surface area is 141 Å². The van der Waals surface area contributed by atoms with E-state index in [2.05, 4.69) is 22.2 Å². The van der Waals surface area contributed by atoms with Gasteiger partial charge in [-0.05, 0) is 36.2 Å².